The van der Waals surface area contributed by atoms with Crippen molar-refractivity contribution in [2.75, 3.05) is 11.0 Å². The minimum absolute atomic E-state index is 0.935. The molecule has 1 N–H and O–H groups in total. The van der Waals surface area contributed by atoms with Crippen LogP contribution in [-0.2, 0) is 6.54 Å². The molecule has 1 rings (SSSR count). The molecule has 0 saturated carbocycles. The van der Waals surface area contributed by atoms with Crippen molar-refractivity contribution >= 4 is 22.6 Å². The molecular formula is C9H13IN2. The average molecular weight is 276 g/mol. The van der Waals surface area contributed by atoms with Crippen molar-refractivity contribution in [1.29, 1.82) is 0 Å². The van der Waals surface area contributed by atoms with Gasteiger partial charge in [-0.25, -0.2) is 0 Å². The Balaban J connectivity index is 2.16. The third-order valence-corrected chi connectivity index (χ3v) is 2.30. The van der Waals surface area contributed by atoms with Gasteiger partial charge < -0.3 is 5.32 Å². The van der Waals surface area contributed by atoms with Gasteiger partial charge in [-0.1, -0.05) is 28.7 Å². The van der Waals surface area contributed by atoms with Gasteiger partial charge >= 0.3 is 0 Å². The molecule has 0 aliphatic carbocycles. The first-order valence-corrected chi connectivity index (χ1v) is 5.61. The number of nitrogens with one attached hydrogen (secondary N) is 1. The Bertz CT molecular complexity index is 201. The maximum absolute atomic E-state index is 4.04. The molecule has 0 atom stereocenters. The molecule has 0 aromatic carbocycles. The van der Waals surface area contributed by atoms with E-state index in [9.17, 15) is 0 Å². The van der Waals surface area contributed by atoms with Crippen molar-refractivity contribution in [3.05, 3.63) is 30.1 Å². The molecule has 0 bridgehead atoms. The van der Waals surface area contributed by atoms with Gasteiger partial charge in [0.2, 0.25) is 0 Å². The van der Waals surface area contributed by atoms with Crippen LogP contribution in [0.2, 0.25) is 0 Å². The van der Waals surface area contributed by atoms with Crippen LogP contribution in [0, 0.1) is 0 Å². The van der Waals surface area contributed by atoms with E-state index in [1.807, 2.05) is 12.3 Å². The highest BCUT2D eigenvalue weighted by atomic mass is 127. The van der Waals surface area contributed by atoms with Gasteiger partial charge in [-0.2, -0.15) is 0 Å². The van der Waals surface area contributed by atoms with E-state index in [1.165, 1.54) is 16.4 Å². The monoisotopic (exact) mass is 276 g/mol. The third-order valence-electron chi connectivity index (χ3n) is 1.54. The van der Waals surface area contributed by atoms with Crippen LogP contribution in [0.1, 0.15) is 12.0 Å². The molecule has 0 spiro atoms. The summed E-state index contributed by atoms with van der Waals surface area (Å²) in [6, 6.07) is 4.05. The number of alkyl halides is 1. The fraction of sp³-hybridized carbons (Fsp3) is 0.444. The lowest BCUT2D eigenvalue weighted by Gasteiger charge is -2.01. The second kappa shape index (κ2) is 6.37. The predicted molar refractivity (Wildman–Crippen MR) is 59.4 cm³/mol. The molecule has 0 aliphatic heterocycles. The van der Waals surface area contributed by atoms with Crippen LogP contribution in [0.5, 0.6) is 0 Å². The maximum atomic E-state index is 4.04. The van der Waals surface area contributed by atoms with Crippen LogP contribution < -0.4 is 5.32 Å². The lowest BCUT2D eigenvalue weighted by atomic mass is 10.3. The Morgan fingerprint density at radius 1 is 1.50 bits per heavy atom. The molecule has 1 aromatic heterocycles. The molecule has 12 heavy (non-hydrogen) atoms. The van der Waals surface area contributed by atoms with Crippen molar-refractivity contribution in [3.63, 3.8) is 0 Å². The van der Waals surface area contributed by atoms with E-state index in [1.54, 1.807) is 6.20 Å². The van der Waals surface area contributed by atoms with Crippen molar-refractivity contribution in [2.24, 2.45) is 0 Å². The Kier molecular flexibility index (Phi) is 5.27. The number of rotatable bonds is 5. The smallest absolute Gasteiger partial charge is 0.0312 e. The first-order chi connectivity index (χ1) is 5.93. The van der Waals surface area contributed by atoms with E-state index in [-0.39, 0.29) is 0 Å². The Morgan fingerprint density at radius 2 is 2.42 bits per heavy atom. The van der Waals surface area contributed by atoms with Crippen LogP contribution >= 0.6 is 22.6 Å². The number of nitrogens with zero attached hydrogens (tertiary/aromatic N) is 1. The van der Waals surface area contributed by atoms with Crippen LogP contribution in [-0.4, -0.2) is 16.0 Å². The number of aromatic nitrogens is 1. The summed E-state index contributed by atoms with van der Waals surface area (Å²) >= 11 is 2.39. The van der Waals surface area contributed by atoms with Crippen molar-refractivity contribution in [2.45, 2.75) is 13.0 Å². The maximum Gasteiger partial charge on any atom is 0.0312 e. The molecule has 3 heteroatoms. The third kappa shape index (κ3) is 4.01. The zero-order chi connectivity index (χ0) is 8.65. The predicted octanol–water partition coefficient (Wildman–Crippen LogP) is 2.00. The molecule has 0 amide bonds. The lowest BCUT2D eigenvalue weighted by Crippen LogP contribution is -2.14. The fourth-order valence-electron chi connectivity index (χ4n) is 0.927. The summed E-state index contributed by atoms with van der Waals surface area (Å²) in [6.07, 6.45) is 4.94. The molecule has 0 aliphatic rings. The fourth-order valence-corrected chi connectivity index (χ4v) is 1.31. The van der Waals surface area contributed by atoms with Crippen LogP contribution in [0.4, 0.5) is 0 Å². The van der Waals surface area contributed by atoms with Gasteiger partial charge in [0.1, 0.15) is 0 Å². The Morgan fingerprint density at radius 3 is 3.08 bits per heavy atom. The van der Waals surface area contributed by atoms with Crippen molar-refractivity contribution in [3.8, 4) is 0 Å². The zero-order valence-corrected chi connectivity index (χ0v) is 9.12. The van der Waals surface area contributed by atoms with Gasteiger partial charge in [0.15, 0.2) is 0 Å². The second-order valence-electron chi connectivity index (χ2n) is 2.58. The van der Waals surface area contributed by atoms with Crippen molar-refractivity contribution < 1.29 is 0 Å². The van der Waals surface area contributed by atoms with Gasteiger partial charge in [-0.15, -0.1) is 0 Å². The largest absolute Gasteiger partial charge is 0.313 e. The lowest BCUT2D eigenvalue weighted by molar-refractivity contribution is 0.680. The molecule has 0 saturated heterocycles. The molecule has 0 unspecified atom stereocenters. The normalized spacial score (nSPS) is 10.1. The summed E-state index contributed by atoms with van der Waals surface area (Å²) in [6.45, 7) is 2.03. The van der Waals surface area contributed by atoms with E-state index in [4.69, 9.17) is 0 Å². The standard InChI is InChI=1S/C9H13IN2/c10-4-2-6-12-8-9-3-1-5-11-7-9/h1,3,5,7,12H,2,4,6,8H2. The highest BCUT2D eigenvalue weighted by Gasteiger charge is 1.89. The summed E-state index contributed by atoms with van der Waals surface area (Å²) in [4.78, 5) is 4.04. The summed E-state index contributed by atoms with van der Waals surface area (Å²) < 4.78 is 1.22. The SMILES string of the molecule is ICCCNCc1cccnc1. The van der Waals surface area contributed by atoms with Crippen molar-refractivity contribution in [1.82, 2.24) is 10.3 Å². The summed E-state index contributed by atoms with van der Waals surface area (Å²) in [5.41, 5.74) is 1.26. The molecule has 1 heterocycles. The van der Waals surface area contributed by atoms with E-state index >= 15 is 0 Å². The van der Waals surface area contributed by atoms with Gasteiger partial charge in [0.05, 0.1) is 0 Å². The van der Waals surface area contributed by atoms with E-state index < -0.39 is 0 Å². The zero-order valence-electron chi connectivity index (χ0n) is 6.96. The molecule has 0 radical (unpaired) electrons. The molecule has 1 aromatic rings. The Hall–Kier alpha value is -0.160. The van der Waals surface area contributed by atoms with Gasteiger partial charge in [0.25, 0.3) is 0 Å². The molecule has 66 valence electrons. The van der Waals surface area contributed by atoms with Crippen LogP contribution in [0.15, 0.2) is 24.5 Å². The number of hydrogen-bond acceptors (Lipinski definition) is 2. The van der Waals surface area contributed by atoms with Gasteiger partial charge in [0, 0.05) is 23.4 Å². The number of pyridine rings is 1. The van der Waals surface area contributed by atoms with Crippen LogP contribution in [0.25, 0.3) is 0 Å². The summed E-state index contributed by atoms with van der Waals surface area (Å²) in [5, 5.41) is 3.36. The van der Waals surface area contributed by atoms with Gasteiger partial charge in [-0.05, 0) is 24.6 Å². The number of hydrogen-bond donors (Lipinski definition) is 1. The first-order valence-electron chi connectivity index (χ1n) is 4.09. The molecular weight excluding hydrogens is 263 g/mol. The Labute approximate surface area is 86.9 Å². The molecule has 2 nitrogen and oxygen atoms in total. The number of halogens is 1. The van der Waals surface area contributed by atoms with E-state index in [2.05, 4.69) is 39.0 Å². The quantitative estimate of drug-likeness (QED) is 0.505. The minimum Gasteiger partial charge on any atom is -0.313 e. The highest BCUT2D eigenvalue weighted by Crippen LogP contribution is 1.94. The summed E-state index contributed by atoms with van der Waals surface area (Å²) in [5.74, 6) is 0. The molecule has 0 fully saturated rings. The minimum atomic E-state index is 0.935. The second-order valence-corrected chi connectivity index (χ2v) is 3.66. The first kappa shape index (κ1) is 9.92. The highest BCUT2D eigenvalue weighted by molar-refractivity contribution is 14.1. The van der Waals surface area contributed by atoms with Crippen LogP contribution in [0.3, 0.4) is 0 Å². The van der Waals surface area contributed by atoms with Gasteiger partial charge in [-0.3, -0.25) is 4.98 Å². The van der Waals surface area contributed by atoms with E-state index in [0.29, 0.717) is 0 Å². The van der Waals surface area contributed by atoms with E-state index in [0.717, 1.165) is 13.1 Å². The average Bonchev–Trinajstić information content (AvgIpc) is 2.14. The topological polar surface area (TPSA) is 24.9 Å². The summed E-state index contributed by atoms with van der Waals surface area (Å²) in [7, 11) is 0.